The predicted octanol–water partition coefficient (Wildman–Crippen LogP) is 2.98. The minimum atomic E-state index is -0.156. The summed E-state index contributed by atoms with van der Waals surface area (Å²) in [6.07, 6.45) is 2.49. The average Bonchev–Trinajstić information content (AvgIpc) is 2.98. The van der Waals surface area contributed by atoms with Crippen LogP contribution in [-0.2, 0) is 12.8 Å². The highest BCUT2D eigenvalue weighted by atomic mass is 16.5. The second-order valence-electron chi connectivity index (χ2n) is 5.64. The van der Waals surface area contributed by atoms with E-state index >= 15 is 0 Å². The molecule has 1 unspecified atom stereocenters. The summed E-state index contributed by atoms with van der Waals surface area (Å²) in [6.45, 7) is 4.01. The summed E-state index contributed by atoms with van der Waals surface area (Å²) >= 11 is 0. The number of nitrogens with zero attached hydrogens (tertiary/aromatic N) is 1. The fraction of sp³-hybridized carbons (Fsp3) is 0.412. The number of benzene rings is 1. The van der Waals surface area contributed by atoms with Gasteiger partial charge in [0.05, 0.1) is 7.11 Å². The molecule has 1 heterocycles. The molecule has 1 atom stereocenters. The van der Waals surface area contributed by atoms with Crippen LogP contribution in [0.4, 0.5) is 0 Å². The number of rotatable bonds is 4. The standard InChI is InChI=1S/C17H20N2O3/c1-4-10(2)18-17(20)15-14-7-5-11-9-12(21-3)6-8-13(11)16(14)22-19-15/h6,8-10H,4-5,7H2,1-3H3,(H,18,20). The van der Waals surface area contributed by atoms with E-state index in [1.165, 1.54) is 0 Å². The molecule has 1 aliphatic rings. The highest BCUT2D eigenvalue weighted by Gasteiger charge is 2.28. The van der Waals surface area contributed by atoms with Crippen molar-refractivity contribution in [1.29, 1.82) is 0 Å². The summed E-state index contributed by atoms with van der Waals surface area (Å²) < 4.78 is 10.7. The number of hydrogen-bond donors (Lipinski definition) is 1. The van der Waals surface area contributed by atoms with E-state index in [4.69, 9.17) is 9.26 Å². The highest BCUT2D eigenvalue weighted by Crippen LogP contribution is 2.36. The van der Waals surface area contributed by atoms with E-state index in [-0.39, 0.29) is 11.9 Å². The molecule has 2 aromatic rings. The molecule has 5 heteroatoms. The van der Waals surface area contributed by atoms with Crippen molar-refractivity contribution in [1.82, 2.24) is 10.5 Å². The maximum Gasteiger partial charge on any atom is 0.273 e. The van der Waals surface area contributed by atoms with Crippen LogP contribution in [0, 0.1) is 0 Å². The van der Waals surface area contributed by atoms with Crippen LogP contribution in [0.2, 0.25) is 0 Å². The van der Waals surface area contributed by atoms with Gasteiger partial charge >= 0.3 is 0 Å². The van der Waals surface area contributed by atoms with Crippen LogP contribution in [0.1, 0.15) is 41.9 Å². The number of carbonyl (C=O) groups excluding carboxylic acids is 1. The third kappa shape index (κ3) is 2.47. The van der Waals surface area contributed by atoms with Gasteiger partial charge in [0.25, 0.3) is 5.91 Å². The van der Waals surface area contributed by atoms with Gasteiger partial charge in [-0.1, -0.05) is 12.1 Å². The van der Waals surface area contributed by atoms with Crippen molar-refractivity contribution >= 4 is 5.91 Å². The molecule has 0 saturated carbocycles. The zero-order valence-corrected chi connectivity index (χ0v) is 13.1. The van der Waals surface area contributed by atoms with E-state index in [2.05, 4.69) is 10.5 Å². The van der Waals surface area contributed by atoms with E-state index in [1.807, 2.05) is 32.0 Å². The normalized spacial score (nSPS) is 14.0. The zero-order valence-electron chi connectivity index (χ0n) is 13.1. The minimum absolute atomic E-state index is 0.125. The number of hydrogen-bond acceptors (Lipinski definition) is 4. The molecule has 5 nitrogen and oxygen atoms in total. The van der Waals surface area contributed by atoms with E-state index < -0.39 is 0 Å². The molecular formula is C17H20N2O3. The number of aryl methyl sites for hydroxylation is 1. The lowest BCUT2D eigenvalue weighted by Crippen LogP contribution is -2.32. The van der Waals surface area contributed by atoms with Crippen molar-refractivity contribution in [3.05, 3.63) is 35.0 Å². The maximum atomic E-state index is 12.3. The van der Waals surface area contributed by atoms with Gasteiger partial charge in [0.15, 0.2) is 11.5 Å². The summed E-state index contributed by atoms with van der Waals surface area (Å²) in [6, 6.07) is 6.00. The number of ether oxygens (including phenoxy) is 1. The first-order valence-corrected chi connectivity index (χ1v) is 7.60. The second kappa shape index (κ2) is 5.83. The minimum Gasteiger partial charge on any atom is -0.497 e. The number of aromatic nitrogens is 1. The molecule has 0 spiro atoms. The molecule has 3 rings (SSSR count). The molecule has 0 aliphatic heterocycles. The molecule has 1 amide bonds. The predicted molar refractivity (Wildman–Crippen MR) is 83.1 cm³/mol. The molecule has 1 N–H and O–H groups in total. The number of amides is 1. The third-order valence-corrected chi connectivity index (χ3v) is 4.19. The fourth-order valence-corrected chi connectivity index (χ4v) is 2.71. The largest absolute Gasteiger partial charge is 0.497 e. The van der Waals surface area contributed by atoms with Crippen molar-refractivity contribution in [3.8, 4) is 17.1 Å². The topological polar surface area (TPSA) is 64.4 Å². The lowest BCUT2D eigenvalue weighted by molar-refractivity contribution is 0.0929. The monoisotopic (exact) mass is 300 g/mol. The zero-order chi connectivity index (χ0) is 15.7. The van der Waals surface area contributed by atoms with Crippen molar-refractivity contribution < 1.29 is 14.1 Å². The Kier molecular flexibility index (Phi) is 3.88. The Hall–Kier alpha value is -2.30. The van der Waals surface area contributed by atoms with Crippen LogP contribution in [0.15, 0.2) is 22.7 Å². The number of carbonyl (C=O) groups is 1. The van der Waals surface area contributed by atoms with Gasteiger partial charge < -0.3 is 14.6 Å². The van der Waals surface area contributed by atoms with E-state index in [0.29, 0.717) is 11.5 Å². The van der Waals surface area contributed by atoms with Gasteiger partial charge in [-0.3, -0.25) is 4.79 Å². The SMILES string of the molecule is CCC(C)NC(=O)c1noc2c1CCc1cc(OC)ccc1-2. The van der Waals surface area contributed by atoms with Crippen LogP contribution < -0.4 is 10.1 Å². The van der Waals surface area contributed by atoms with Crippen molar-refractivity contribution in [2.75, 3.05) is 7.11 Å². The molecule has 0 bridgehead atoms. The molecule has 0 saturated heterocycles. The van der Waals surface area contributed by atoms with Crippen molar-refractivity contribution in [2.24, 2.45) is 0 Å². The van der Waals surface area contributed by atoms with Crippen LogP contribution in [0.5, 0.6) is 5.75 Å². The molecule has 1 aromatic carbocycles. The van der Waals surface area contributed by atoms with Gasteiger partial charge in [0, 0.05) is 17.2 Å². The van der Waals surface area contributed by atoms with Crippen LogP contribution in [0.3, 0.4) is 0 Å². The molecule has 1 aromatic heterocycles. The number of fused-ring (bicyclic) bond motifs is 3. The molecule has 0 fully saturated rings. The van der Waals surface area contributed by atoms with Gasteiger partial charge in [-0.25, -0.2) is 0 Å². The van der Waals surface area contributed by atoms with Crippen molar-refractivity contribution in [3.63, 3.8) is 0 Å². The summed E-state index contributed by atoms with van der Waals surface area (Å²) in [7, 11) is 1.65. The van der Waals surface area contributed by atoms with E-state index in [1.54, 1.807) is 7.11 Å². The Morgan fingerprint density at radius 1 is 1.45 bits per heavy atom. The third-order valence-electron chi connectivity index (χ3n) is 4.19. The van der Waals surface area contributed by atoms with Gasteiger partial charge in [0.1, 0.15) is 5.75 Å². The Labute approximate surface area is 129 Å². The highest BCUT2D eigenvalue weighted by molar-refractivity contribution is 5.95. The van der Waals surface area contributed by atoms with E-state index in [0.717, 1.165) is 41.7 Å². The first kappa shape index (κ1) is 14.6. The summed E-state index contributed by atoms with van der Waals surface area (Å²) in [4.78, 5) is 12.3. The summed E-state index contributed by atoms with van der Waals surface area (Å²) in [5.41, 5.74) is 3.48. The molecule has 0 radical (unpaired) electrons. The summed E-state index contributed by atoms with van der Waals surface area (Å²) in [5.74, 6) is 1.38. The Morgan fingerprint density at radius 3 is 3.00 bits per heavy atom. The number of nitrogens with one attached hydrogen (secondary N) is 1. The van der Waals surface area contributed by atoms with Gasteiger partial charge in [0.2, 0.25) is 0 Å². The van der Waals surface area contributed by atoms with E-state index in [9.17, 15) is 4.79 Å². The quantitative estimate of drug-likeness (QED) is 0.942. The molecule has 1 aliphatic carbocycles. The van der Waals surface area contributed by atoms with Gasteiger partial charge in [-0.2, -0.15) is 0 Å². The fourth-order valence-electron chi connectivity index (χ4n) is 2.71. The molecule has 22 heavy (non-hydrogen) atoms. The van der Waals surface area contributed by atoms with Gasteiger partial charge in [-0.15, -0.1) is 0 Å². The first-order valence-electron chi connectivity index (χ1n) is 7.60. The van der Waals surface area contributed by atoms with Crippen molar-refractivity contribution in [2.45, 2.75) is 39.2 Å². The lowest BCUT2D eigenvalue weighted by atomic mass is 9.89. The second-order valence-corrected chi connectivity index (χ2v) is 5.64. The maximum absolute atomic E-state index is 12.3. The average molecular weight is 300 g/mol. The van der Waals surface area contributed by atoms with Crippen LogP contribution in [0.25, 0.3) is 11.3 Å². The van der Waals surface area contributed by atoms with Gasteiger partial charge in [-0.05, 0) is 49.9 Å². The molecular weight excluding hydrogens is 280 g/mol. The van der Waals surface area contributed by atoms with Crippen LogP contribution in [-0.4, -0.2) is 24.2 Å². The Balaban J connectivity index is 1.94. The van der Waals surface area contributed by atoms with Crippen LogP contribution >= 0.6 is 0 Å². The Morgan fingerprint density at radius 2 is 2.27 bits per heavy atom. The first-order chi connectivity index (χ1) is 10.6. The Bertz CT molecular complexity index is 706. The summed E-state index contributed by atoms with van der Waals surface area (Å²) in [5, 5.41) is 6.95. The number of methoxy groups -OCH3 is 1. The molecule has 116 valence electrons. The lowest BCUT2D eigenvalue weighted by Gasteiger charge is -2.16. The smallest absolute Gasteiger partial charge is 0.273 e.